The Hall–Kier alpha value is -1.25. The van der Waals surface area contributed by atoms with Gasteiger partial charge in [-0.05, 0) is 56.1 Å². The highest BCUT2D eigenvalue weighted by Crippen LogP contribution is 2.38. The molecule has 3 nitrogen and oxygen atoms in total. The normalized spacial score (nSPS) is 11.0. The lowest BCUT2D eigenvalue weighted by atomic mass is 10.0. The van der Waals surface area contributed by atoms with Crippen molar-refractivity contribution < 1.29 is 18.0 Å². The average Bonchev–Trinajstić information content (AvgIpc) is 2.51. The molecule has 0 atom stereocenters. The molecule has 0 aromatic heterocycles. The Balaban J connectivity index is 2.49. The summed E-state index contributed by atoms with van der Waals surface area (Å²) in [6.45, 7) is -0.591. The zero-order valence-corrected chi connectivity index (χ0v) is 15.8. The minimum Gasteiger partial charge on any atom is -0.396 e. The molecule has 0 aliphatic rings. The van der Waals surface area contributed by atoms with E-state index in [-0.39, 0.29) is 32.0 Å². The number of ketones is 1. The van der Waals surface area contributed by atoms with E-state index in [9.17, 15) is 18.0 Å². The molecule has 0 saturated heterocycles. The van der Waals surface area contributed by atoms with Gasteiger partial charge in [-0.3, -0.25) is 4.79 Å². The summed E-state index contributed by atoms with van der Waals surface area (Å²) in [7, 11) is 0. The van der Waals surface area contributed by atoms with Crippen LogP contribution in [-0.2, 0) is 0 Å². The molecule has 0 fully saturated rings. The maximum atomic E-state index is 13.4. The molecule has 0 radical (unpaired) electrons. The van der Waals surface area contributed by atoms with Crippen LogP contribution in [0.25, 0.3) is 0 Å². The predicted octanol–water partition coefficient (Wildman–Crippen LogP) is 5.49. The highest BCUT2D eigenvalue weighted by Gasteiger charge is 2.23. The standard InChI is InChI=1S/C15H10Br2ClF3N2O/c16-8-4-10(23-5-11(20)21)14(22)13(17)12(8)15(24)7-3-6(19)1-2-9(7)18/h1-4,11,23H,5,22H2. The van der Waals surface area contributed by atoms with Crippen molar-refractivity contribution in [1.29, 1.82) is 0 Å². The van der Waals surface area contributed by atoms with E-state index >= 15 is 0 Å². The minimum atomic E-state index is -2.56. The van der Waals surface area contributed by atoms with Gasteiger partial charge in [-0.25, -0.2) is 13.2 Å². The van der Waals surface area contributed by atoms with Crippen molar-refractivity contribution in [1.82, 2.24) is 0 Å². The van der Waals surface area contributed by atoms with E-state index in [0.717, 1.165) is 12.1 Å². The molecular weight excluding hydrogens is 476 g/mol. The molecule has 0 bridgehead atoms. The van der Waals surface area contributed by atoms with Crippen molar-refractivity contribution in [3.63, 3.8) is 0 Å². The molecule has 0 unspecified atom stereocenters. The second-order valence-corrected chi connectivity index (χ2v) is 6.79. The van der Waals surface area contributed by atoms with E-state index in [0.29, 0.717) is 4.47 Å². The van der Waals surface area contributed by atoms with Crippen LogP contribution < -0.4 is 11.1 Å². The summed E-state index contributed by atoms with van der Waals surface area (Å²) in [6.07, 6.45) is -2.56. The quantitative estimate of drug-likeness (QED) is 0.434. The maximum absolute atomic E-state index is 13.4. The van der Waals surface area contributed by atoms with Crippen LogP contribution in [0.2, 0.25) is 5.02 Å². The Kier molecular flexibility index (Phi) is 6.17. The number of carbonyl (C=O) groups excluding carboxylic acids is 1. The molecule has 0 saturated carbocycles. The van der Waals surface area contributed by atoms with Crippen molar-refractivity contribution in [2.75, 3.05) is 17.6 Å². The van der Waals surface area contributed by atoms with Crippen LogP contribution in [0.4, 0.5) is 24.5 Å². The van der Waals surface area contributed by atoms with Gasteiger partial charge in [-0.15, -0.1) is 0 Å². The number of nitrogen functional groups attached to an aromatic ring is 1. The third kappa shape index (κ3) is 4.04. The molecule has 0 aliphatic carbocycles. The van der Waals surface area contributed by atoms with Gasteiger partial charge in [0, 0.05) is 10.0 Å². The van der Waals surface area contributed by atoms with Crippen LogP contribution in [0.15, 0.2) is 33.2 Å². The fourth-order valence-corrected chi connectivity index (χ4v) is 3.67. The van der Waals surface area contributed by atoms with Crippen molar-refractivity contribution in [2.24, 2.45) is 0 Å². The molecule has 24 heavy (non-hydrogen) atoms. The molecule has 9 heteroatoms. The second kappa shape index (κ2) is 7.76. The van der Waals surface area contributed by atoms with E-state index in [1.807, 2.05) is 0 Å². The van der Waals surface area contributed by atoms with Gasteiger partial charge in [0.25, 0.3) is 6.43 Å². The van der Waals surface area contributed by atoms with Gasteiger partial charge in [0.1, 0.15) is 5.82 Å². The molecule has 0 heterocycles. The van der Waals surface area contributed by atoms with Gasteiger partial charge >= 0.3 is 0 Å². The zero-order valence-electron chi connectivity index (χ0n) is 11.8. The van der Waals surface area contributed by atoms with Gasteiger partial charge in [0.05, 0.1) is 33.0 Å². The molecule has 0 spiro atoms. The topological polar surface area (TPSA) is 55.1 Å². The van der Waals surface area contributed by atoms with Crippen molar-refractivity contribution in [3.05, 3.63) is 55.2 Å². The highest BCUT2D eigenvalue weighted by molar-refractivity contribution is 9.11. The number of nitrogens with two attached hydrogens (primary N) is 1. The van der Waals surface area contributed by atoms with Crippen LogP contribution in [0.1, 0.15) is 15.9 Å². The summed E-state index contributed by atoms with van der Waals surface area (Å²) in [5, 5.41) is 2.57. The SMILES string of the molecule is Nc1c(NCC(F)F)cc(Br)c(C(=O)c2cc(F)ccc2Cl)c1Br. The van der Waals surface area contributed by atoms with E-state index in [4.69, 9.17) is 17.3 Å². The Morgan fingerprint density at radius 3 is 2.58 bits per heavy atom. The molecular formula is C15H10Br2ClF3N2O. The molecule has 128 valence electrons. The summed E-state index contributed by atoms with van der Waals surface area (Å²) in [5.41, 5.74) is 6.28. The summed E-state index contributed by atoms with van der Waals surface area (Å²) in [4.78, 5) is 12.7. The number of halogens is 6. The molecule has 3 N–H and O–H groups in total. The van der Waals surface area contributed by atoms with Gasteiger partial charge in [0.2, 0.25) is 0 Å². The van der Waals surface area contributed by atoms with Gasteiger partial charge in [-0.2, -0.15) is 0 Å². The first-order chi connectivity index (χ1) is 11.2. The number of anilines is 2. The predicted molar refractivity (Wildman–Crippen MR) is 95.6 cm³/mol. The molecule has 2 aromatic rings. The van der Waals surface area contributed by atoms with E-state index in [1.165, 1.54) is 12.1 Å². The van der Waals surface area contributed by atoms with E-state index < -0.39 is 24.6 Å². The number of hydrogen-bond acceptors (Lipinski definition) is 3. The summed E-state index contributed by atoms with van der Waals surface area (Å²) in [6, 6.07) is 4.83. The smallest absolute Gasteiger partial charge is 0.255 e. The number of benzene rings is 2. The third-order valence-electron chi connectivity index (χ3n) is 3.10. The van der Waals surface area contributed by atoms with Crippen molar-refractivity contribution >= 4 is 60.6 Å². The number of alkyl halides is 2. The Morgan fingerprint density at radius 1 is 1.29 bits per heavy atom. The fraction of sp³-hybridized carbons (Fsp3) is 0.133. The third-order valence-corrected chi connectivity index (χ3v) is 4.88. The number of carbonyl (C=O) groups is 1. The van der Waals surface area contributed by atoms with Crippen LogP contribution in [0, 0.1) is 5.82 Å². The molecule has 2 aromatic carbocycles. The van der Waals surface area contributed by atoms with Crippen LogP contribution >= 0.6 is 43.5 Å². The maximum Gasteiger partial charge on any atom is 0.255 e. The first kappa shape index (κ1) is 19.1. The van der Waals surface area contributed by atoms with Gasteiger partial charge in [-0.1, -0.05) is 11.6 Å². The van der Waals surface area contributed by atoms with Crippen molar-refractivity contribution in [2.45, 2.75) is 6.43 Å². The summed E-state index contributed by atoms with van der Waals surface area (Å²) >= 11 is 12.4. The van der Waals surface area contributed by atoms with Crippen LogP contribution in [-0.4, -0.2) is 18.8 Å². The lowest BCUT2D eigenvalue weighted by Gasteiger charge is -2.15. The number of hydrogen-bond donors (Lipinski definition) is 2. The monoisotopic (exact) mass is 484 g/mol. The van der Waals surface area contributed by atoms with Crippen LogP contribution in [0.5, 0.6) is 0 Å². The Labute approximate surface area is 157 Å². The van der Waals surface area contributed by atoms with Gasteiger partial charge in [0.15, 0.2) is 5.78 Å². The minimum absolute atomic E-state index is 0.0363. The Bertz CT molecular complexity index is 803. The van der Waals surface area contributed by atoms with Crippen LogP contribution in [0.3, 0.4) is 0 Å². The summed E-state index contributed by atoms with van der Waals surface area (Å²) in [5.74, 6) is -1.18. The molecule has 0 amide bonds. The Morgan fingerprint density at radius 2 is 1.96 bits per heavy atom. The zero-order chi connectivity index (χ0) is 18.0. The van der Waals surface area contributed by atoms with E-state index in [1.54, 1.807) is 0 Å². The second-order valence-electron chi connectivity index (χ2n) is 4.73. The number of rotatable bonds is 5. The molecule has 0 aliphatic heterocycles. The first-order valence-corrected chi connectivity index (χ1v) is 8.48. The lowest BCUT2D eigenvalue weighted by molar-refractivity contribution is 0.103. The lowest BCUT2D eigenvalue weighted by Crippen LogP contribution is -2.13. The van der Waals surface area contributed by atoms with Crippen molar-refractivity contribution in [3.8, 4) is 0 Å². The highest BCUT2D eigenvalue weighted by atomic mass is 79.9. The number of nitrogens with one attached hydrogen (secondary N) is 1. The largest absolute Gasteiger partial charge is 0.396 e. The first-order valence-electron chi connectivity index (χ1n) is 6.51. The van der Waals surface area contributed by atoms with E-state index in [2.05, 4.69) is 37.2 Å². The summed E-state index contributed by atoms with van der Waals surface area (Å²) < 4.78 is 38.6. The van der Waals surface area contributed by atoms with Gasteiger partial charge < -0.3 is 11.1 Å². The molecule has 2 rings (SSSR count). The average molecular weight is 487 g/mol. The fourth-order valence-electron chi connectivity index (χ4n) is 1.98.